The van der Waals surface area contributed by atoms with E-state index < -0.39 is 5.54 Å². The standard InChI is InChI=1S/C26H37N5O2/c1-19-17-21(30(5)6)28-23(27-19)26(4)15-10-16-31(18-26)24(33)25(2,3)29-22(32)14-13-20-11-8-7-9-12-20/h7-9,11-12,17H,10,13-16,18H2,1-6H3,(H,29,32)/t26-/m1/s1. The molecule has 0 bridgehead atoms. The van der Waals surface area contributed by atoms with Gasteiger partial charge in [0.15, 0.2) is 0 Å². The Kier molecular flexibility index (Phi) is 7.40. The number of hydrogen-bond acceptors (Lipinski definition) is 5. The number of aryl methyl sites for hydroxylation is 2. The quantitative estimate of drug-likeness (QED) is 0.699. The summed E-state index contributed by atoms with van der Waals surface area (Å²) in [6.45, 7) is 8.88. The second-order valence-corrected chi connectivity index (χ2v) is 10.1. The predicted molar refractivity (Wildman–Crippen MR) is 131 cm³/mol. The van der Waals surface area contributed by atoms with Crippen molar-refractivity contribution >= 4 is 17.6 Å². The molecule has 3 rings (SSSR count). The summed E-state index contributed by atoms with van der Waals surface area (Å²) in [6.07, 6.45) is 2.78. The smallest absolute Gasteiger partial charge is 0.247 e. The van der Waals surface area contributed by atoms with Crippen LogP contribution in [0, 0.1) is 6.92 Å². The fourth-order valence-corrected chi connectivity index (χ4v) is 4.41. The van der Waals surface area contributed by atoms with Crippen molar-refractivity contribution in [3.8, 4) is 0 Å². The average Bonchev–Trinajstić information content (AvgIpc) is 2.77. The molecule has 0 spiro atoms. The van der Waals surface area contributed by atoms with Crippen LogP contribution >= 0.6 is 0 Å². The molecule has 7 nitrogen and oxygen atoms in total. The summed E-state index contributed by atoms with van der Waals surface area (Å²) >= 11 is 0. The van der Waals surface area contributed by atoms with Gasteiger partial charge < -0.3 is 15.1 Å². The van der Waals surface area contributed by atoms with Crippen LogP contribution in [0.3, 0.4) is 0 Å². The zero-order valence-electron chi connectivity index (χ0n) is 20.8. The van der Waals surface area contributed by atoms with Crippen molar-refractivity contribution in [2.24, 2.45) is 0 Å². The molecule has 1 aliphatic rings. The van der Waals surface area contributed by atoms with Crippen molar-refractivity contribution in [3.63, 3.8) is 0 Å². The first-order chi connectivity index (χ1) is 15.5. The fourth-order valence-electron chi connectivity index (χ4n) is 4.41. The van der Waals surface area contributed by atoms with Crippen molar-refractivity contribution in [1.82, 2.24) is 20.2 Å². The van der Waals surface area contributed by atoms with Gasteiger partial charge in [-0.25, -0.2) is 9.97 Å². The van der Waals surface area contributed by atoms with Crippen molar-refractivity contribution in [2.75, 3.05) is 32.1 Å². The monoisotopic (exact) mass is 451 g/mol. The van der Waals surface area contributed by atoms with E-state index in [4.69, 9.17) is 9.97 Å². The van der Waals surface area contributed by atoms with Crippen LogP contribution in [0.1, 0.15) is 57.1 Å². The molecule has 0 radical (unpaired) electrons. The molecular weight excluding hydrogens is 414 g/mol. The summed E-state index contributed by atoms with van der Waals surface area (Å²) in [7, 11) is 3.93. The molecule has 1 aromatic carbocycles. The molecule has 1 aliphatic heterocycles. The van der Waals surface area contributed by atoms with Gasteiger partial charge in [-0.15, -0.1) is 0 Å². The molecule has 2 aromatic rings. The van der Waals surface area contributed by atoms with Crippen LogP contribution in [0.25, 0.3) is 0 Å². The highest BCUT2D eigenvalue weighted by Crippen LogP contribution is 2.33. The Morgan fingerprint density at radius 3 is 2.55 bits per heavy atom. The van der Waals surface area contributed by atoms with Gasteiger partial charge in [0.2, 0.25) is 11.8 Å². The lowest BCUT2D eigenvalue weighted by atomic mass is 9.80. The summed E-state index contributed by atoms with van der Waals surface area (Å²) in [5, 5.41) is 2.96. The van der Waals surface area contributed by atoms with E-state index in [1.807, 2.05) is 67.2 Å². The molecule has 1 aromatic heterocycles. The highest BCUT2D eigenvalue weighted by Gasteiger charge is 2.41. The molecule has 33 heavy (non-hydrogen) atoms. The van der Waals surface area contributed by atoms with Gasteiger partial charge in [-0.1, -0.05) is 37.3 Å². The number of benzene rings is 1. The Bertz CT molecular complexity index is 989. The Hall–Kier alpha value is -2.96. The number of aromatic nitrogens is 2. The number of likely N-dealkylation sites (tertiary alicyclic amines) is 1. The number of anilines is 1. The number of rotatable bonds is 7. The molecule has 1 saturated heterocycles. The van der Waals surface area contributed by atoms with Gasteiger partial charge >= 0.3 is 0 Å². The Balaban J connectivity index is 1.68. The minimum absolute atomic E-state index is 0.0676. The molecule has 1 atom stereocenters. The molecular formula is C26H37N5O2. The average molecular weight is 452 g/mol. The second kappa shape index (κ2) is 9.89. The highest BCUT2D eigenvalue weighted by molar-refractivity contribution is 5.91. The maximum Gasteiger partial charge on any atom is 0.247 e. The van der Waals surface area contributed by atoms with Crippen LogP contribution < -0.4 is 10.2 Å². The van der Waals surface area contributed by atoms with Crippen LogP contribution in [-0.4, -0.2) is 59.4 Å². The summed E-state index contributed by atoms with van der Waals surface area (Å²) in [4.78, 5) is 39.4. The number of amides is 2. The van der Waals surface area contributed by atoms with E-state index in [1.54, 1.807) is 13.8 Å². The minimum Gasteiger partial charge on any atom is -0.363 e. The summed E-state index contributed by atoms with van der Waals surface area (Å²) < 4.78 is 0. The van der Waals surface area contributed by atoms with Crippen molar-refractivity contribution in [3.05, 3.63) is 53.5 Å². The third-order valence-electron chi connectivity index (χ3n) is 6.29. The van der Waals surface area contributed by atoms with Crippen molar-refractivity contribution in [1.29, 1.82) is 0 Å². The zero-order chi connectivity index (χ0) is 24.2. The zero-order valence-corrected chi connectivity index (χ0v) is 20.8. The lowest BCUT2D eigenvalue weighted by molar-refractivity contribution is -0.142. The molecule has 7 heteroatoms. The largest absolute Gasteiger partial charge is 0.363 e. The van der Waals surface area contributed by atoms with E-state index in [9.17, 15) is 9.59 Å². The van der Waals surface area contributed by atoms with Gasteiger partial charge in [0.05, 0.1) is 0 Å². The minimum atomic E-state index is -0.978. The number of carbonyl (C=O) groups is 2. The SMILES string of the molecule is Cc1cc(N(C)C)nc([C@]2(C)CCCN(C(=O)C(C)(C)NC(=O)CCc3ccccc3)C2)n1. The Morgan fingerprint density at radius 1 is 1.18 bits per heavy atom. The lowest BCUT2D eigenvalue weighted by Gasteiger charge is -2.42. The third-order valence-corrected chi connectivity index (χ3v) is 6.29. The van der Waals surface area contributed by atoms with E-state index >= 15 is 0 Å². The third kappa shape index (κ3) is 6.09. The first-order valence-corrected chi connectivity index (χ1v) is 11.7. The number of nitrogens with one attached hydrogen (secondary N) is 1. The molecule has 1 N–H and O–H groups in total. The number of piperidine rings is 1. The van der Waals surface area contributed by atoms with E-state index in [1.165, 1.54) is 0 Å². The first-order valence-electron chi connectivity index (χ1n) is 11.7. The van der Waals surface area contributed by atoms with Gasteiger partial charge in [0, 0.05) is 50.8 Å². The van der Waals surface area contributed by atoms with Crippen LogP contribution in [-0.2, 0) is 21.4 Å². The van der Waals surface area contributed by atoms with Gasteiger partial charge in [0.1, 0.15) is 17.2 Å². The summed E-state index contributed by atoms with van der Waals surface area (Å²) in [5.41, 5.74) is 0.713. The maximum atomic E-state index is 13.5. The van der Waals surface area contributed by atoms with Crippen LogP contribution in [0.4, 0.5) is 5.82 Å². The Morgan fingerprint density at radius 2 is 1.88 bits per heavy atom. The summed E-state index contributed by atoms with van der Waals surface area (Å²) in [5.74, 6) is 1.46. The number of hydrogen-bond donors (Lipinski definition) is 1. The van der Waals surface area contributed by atoms with Gasteiger partial charge in [-0.2, -0.15) is 0 Å². The predicted octanol–water partition coefficient (Wildman–Crippen LogP) is 3.26. The molecule has 0 saturated carbocycles. The molecule has 2 heterocycles. The molecule has 178 valence electrons. The van der Waals surface area contributed by atoms with Gasteiger partial charge in [0.25, 0.3) is 0 Å². The van der Waals surface area contributed by atoms with Crippen molar-refractivity contribution < 1.29 is 9.59 Å². The normalized spacial score (nSPS) is 18.7. The van der Waals surface area contributed by atoms with Gasteiger partial charge in [-0.3, -0.25) is 9.59 Å². The van der Waals surface area contributed by atoms with Crippen molar-refractivity contribution in [2.45, 2.75) is 64.3 Å². The summed E-state index contributed by atoms with van der Waals surface area (Å²) in [6, 6.07) is 11.9. The van der Waals surface area contributed by atoms with E-state index in [2.05, 4.69) is 12.2 Å². The lowest BCUT2D eigenvalue weighted by Crippen LogP contribution is -2.59. The van der Waals surface area contributed by atoms with E-state index in [0.29, 0.717) is 25.9 Å². The van der Waals surface area contributed by atoms with Gasteiger partial charge in [-0.05, 0) is 45.6 Å². The molecule has 2 amide bonds. The van der Waals surface area contributed by atoms with E-state index in [0.717, 1.165) is 35.7 Å². The topological polar surface area (TPSA) is 78.4 Å². The molecule has 0 unspecified atom stereocenters. The van der Waals surface area contributed by atoms with Crippen LogP contribution in [0.2, 0.25) is 0 Å². The fraction of sp³-hybridized carbons (Fsp3) is 0.538. The van der Waals surface area contributed by atoms with Crippen LogP contribution in [0.5, 0.6) is 0 Å². The van der Waals surface area contributed by atoms with Crippen LogP contribution in [0.15, 0.2) is 36.4 Å². The first kappa shape index (κ1) is 24.7. The van der Waals surface area contributed by atoms with E-state index in [-0.39, 0.29) is 17.2 Å². The second-order valence-electron chi connectivity index (χ2n) is 10.1. The Labute approximate surface area is 197 Å². The maximum absolute atomic E-state index is 13.5. The highest BCUT2D eigenvalue weighted by atomic mass is 16.2. The molecule has 0 aliphatic carbocycles. The number of carbonyl (C=O) groups excluding carboxylic acids is 2. The number of nitrogens with zero attached hydrogens (tertiary/aromatic N) is 4. The molecule has 1 fully saturated rings.